The molecule has 0 unspecified atom stereocenters. The van der Waals surface area contributed by atoms with Crippen molar-refractivity contribution >= 4 is 33.2 Å². The van der Waals surface area contributed by atoms with E-state index in [0.29, 0.717) is 26.0 Å². The number of ether oxygens (including phenoxy) is 1. The minimum atomic E-state index is -0.00308. The summed E-state index contributed by atoms with van der Waals surface area (Å²) in [6.45, 7) is 7.46. The van der Waals surface area contributed by atoms with Crippen LogP contribution in [0, 0.1) is 0 Å². The van der Waals surface area contributed by atoms with E-state index in [1.165, 1.54) is 5.56 Å². The molecule has 1 amide bonds. The summed E-state index contributed by atoms with van der Waals surface area (Å²) in [6.07, 6.45) is 4.59. The topological polar surface area (TPSA) is 64.1 Å². The lowest BCUT2D eigenvalue weighted by molar-refractivity contribution is -0.121. The van der Waals surface area contributed by atoms with Gasteiger partial charge in [0.05, 0.1) is 23.3 Å². The van der Waals surface area contributed by atoms with Crippen LogP contribution in [-0.2, 0) is 16.8 Å². The third-order valence-corrected chi connectivity index (χ3v) is 6.09. The molecule has 0 aliphatic heterocycles. The van der Waals surface area contributed by atoms with Crippen LogP contribution in [0.2, 0.25) is 0 Å². The summed E-state index contributed by atoms with van der Waals surface area (Å²) in [5, 5.41) is 5.79. The van der Waals surface area contributed by atoms with Crippen LogP contribution >= 0.6 is 27.3 Å². The largest absolute Gasteiger partial charge is 0.492 e. The minimum absolute atomic E-state index is 0.00308. The second-order valence-corrected chi connectivity index (χ2v) is 9.72. The van der Waals surface area contributed by atoms with Crippen LogP contribution in [0.5, 0.6) is 5.75 Å². The Balaban J connectivity index is 1.39. The predicted octanol–water partition coefficient (Wildman–Crippen LogP) is 5.74. The van der Waals surface area contributed by atoms with Crippen molar-refractivity contribution in [3.63, 3.8) is 0 Å². The SMILES string of the molecule is CC(C)(C)c1ccc(OCCCC(=O)NCc2csc(-c3cccnc3)n2)c(Br)c1. The number of amides is 1. The number of hydrogen-bond acceptors (Lipinski definition) is 5. The normalized spacial score (nSPS) is 11.3. The maximum absolute atomic E-state index is 12.1. The van der Waals surface area contributed by atoms with Gasteiger partial charge in [0.15, 0.2) is 0 Å². The van der Waals surface area contributed by atoms with Gasteiger partial charge in [-0.15, -0.1) is 11.3 Å². The first-order chi connectivity index (χ1) is 14.3. The molecule has 158 valence electrons. The lowest BCUT2D eigenvalue weighted by Gasteiger charge is -2.20. The van der Waals surface area contributed by atoms with E-state index >= 15 is 0 Å². The molecular weight excluding hydrogens is 462 g/mol. The number of halogens is 1. The first-order valence-electron chi connectivity index (χ1n) is 9.87. The van der Waals surface area contributed by atoms with Crippen LogP contribution in [0.3, 0.4) is 0 Å². The van der Waals surface area contributed by atoms with Gasteiger partial charge in [-0.2, -0.15) is 0 Å². The lowest BCUT2D eigenvalue weighted by Crippen LogP contribution is -2.23. The van der Waals surface area contributed by atoms with Crippen LogP contribution in [0.25, 0.3) is 10.6 Å². The molecule has 0 aliphatic carbocycles. The van der Waals surface area contributed by atoms with Crippen LogP contribution in [0.4, 0.5) is 0 Å². The van der Waals surface area contributed by atoms with Gasteiger partial charge in [0.25, 0.3) is 0 Å². The minimum Gasteiger partial charge on any atom is -0.492 e. The van der Waals surface area contributed by atoms with Crippen LogP contribution in [-0.4, -0.2) is 22.5 Å². The fraction of sp³-hybridized carbons (Fsp3) is 0.348. The van der Waals surface area contributed by atoms with Crippen molar-refractivity contribution in [1.82, 2.24) is 15.3 Å². The van der Waals surface area contributed by atoms with E-state index in [1.807, 2.05) is 23.6 Å². The number of rotatable bonds is 8. The zero-order valence-electron chi connectivity index (χ0n) is 17.4. The van der Waals surface area contributed by atoms with Crippen molar-refractivity contribution in [3.8, 4) is 16.3 Å². The second-order valence-electron chi connectivity index (χ2n) is 8.01. The van der Waals surface area contributed by atoms with E-state index in [9.17, 15) is 4.79 Å². The van der Waals surface area contributed by atoms with Gasteiger partial charge in [0, 0.05) is 29.8 Å². The van der Waals surface area contributed by atoms with Crippen LogP contribution in [0.1, 0.15) is 44.9 Å². The van der Waals surface area contributed by atoms with E-state index in [1.54, 1.807) is 23.7 Å². The summed E-state index contributed by atoms with van der Waals surface area (Å²) >= 11 is 5.13. The van der Waals surface area contributed by atoms with E-state index in [2.05, 4.69) is 64.1 Å². The van der Waals surface area contributed by atoms with Crippen molar-refractivity contribution < 1.29 is 9.53 Å². The highest BCUT2D eigenvalue weighted by molar-refractivity contribution is 9.10. The van der Waals surface area contributed by atoms with Gasteiger partial charge in [-0.1, -0.05) is 26.8 Å². The first kappa shape index (κ1) is 22.4. The third kappa shape index (κ3) is 6.37. The van der Waals surface area contributed by atoms with Gasteiger partial charge in [0.2, 0.25) is 5.91 Å². The summed E-state index contributed by atoms with van der Waals surface area (Å²) in [7, 11) is 0. The van der Waals surface area contributed by atoms with Crippen molar-refractivity contribution in [2.45, 2.75) is 45.6 Å². The molecule has 0 spiro atoms. The third-order valence-electron chi connectivity index (χ3n) is 4.53. The van der Waals surface area contributed by atoms with Gasteiger partial charge in [0.1, 0.15) is 10.8 Å². The Labute approximate surface area is 190 Å². The number of benzene rings is 1. The quantitative estimate of drug-likeness (QED) is 0.411. The average Bonchev–Trinajstić information content (AvgIpc) is 3.19. The summed E-state index contributed by atoms with van der Waals surface area (Å²) < 4.78 is 6.76. The molecule has 30 heavy (non-hydrogen) atoms. The standard InChI is InChI=1S/C23H26BrN3O2S/c1-23(2,3)17-8-9-20(19(24)12-17)29-11-5-7-21(28)26-14-18-15-30-22(27-18)16-6-4-10-25-13-16/h4,6,8-10,12-13,15H,5,7,11,14H2,1-3H3,(H,26,28). The Bertz CT molecular complexity index is 984. The maximum Gasteiger partial charge on any atom is 0.220 e. The number of hydrogen-bond donors (Lipinski definition) is 1. The van der Waals surface area contributed by atoms with Gasteiger partial charge in [-0.05, 0) is 57.6 Å². The number of carbonyl (C=O) groups excluding carboxylic acids is 1. The predicted molar refractivity (Wildman–Crippen MR) is 125 cm³/mol. The molecule has 7 heteroatoms. The number of nitrogens with one attached hydrogen (secondary N) is 1. The Morgan fingerprint density at radius 1 is 1.27 bits per heavy atom. The zero-order chi connectivity index (χ0) is 21.6. The highest BCUT2D eigenvalue weighted by Crippen LogP contribution is 2.31. The van der Waals surface area contributed by atoms with Crippen molar-refractivity contribution in [2.75, 3.05) is 6.61 Å². The monoisotopic (exact) mass is 487 g/mol. The van der Waals surface area contributed by atoms with Crippen LogP contribution in [0.15, 0.2) is 52.6 Å². The molecule has 0 saturated carbocycles. The number of thiazole rings is 1. The number of aromatic nitrogens is 2. The molecule has 0 bridgehead atoms. The molecule has 0 aliphatic rings. The van der Waals surface area contributed by atoms with E-state index in [-0.39, 0.29) is 11.3 Å². The molecule has 5 nitrogen and oxygen atoms in total. The molecule has 3 rings (SSSR count). The highest BCUT2D eigenvalue weighted by Gasteiger charge is 2.15. The molecule has 0 radical (unpaired) electrons. The summed E-state index contributed by atoms with van der Waals surface area (Å²) in [4.78, 5) is 20.8. The maximum atomic E-state index is 12.1. The molecule has 0 fully saturated rings. The fourth-order valence-electron chi connectivity index (χ4n) is 2.79. The Morgan fingerprint density at radius 2 is 2.10 bits per heavy atom. The van der Waals surface area contributed by atoms with E-state index < -0.39 is 0 Å². The Kier molecular flexibility index (Phi) is 7.61. The lowest BCUT2D eigenvalue weighted by atomic mass is 9.87. The highest BCUT2D eigenvalue weighted by atomic mass is 79.9. The van der Waals surface area contributed by atoms with Crippen molar-refractivity contribution in [1.29, 1.82) is 0 Å². The number of pyridine rings is 1. The number of carbonyl (C=O) groups is 1. The van der Waals surface area contributed by atoms with Gasteiger partial charge in [-0.3, -0.25) is 9.78 Å². The van der Waals surface area contributed by atoms with Gasteiger partial charge < -0.3 is 10.1 Å². The van der Waals surface area contributed by atoms with E-state index in [0.717, 1.165) is 26.5 Å². The Hall–Kier alpha value is -2.25. The van der Waals surface area contributed by atoms with Gasteiger partial charge >= 0.3 is 0 Å². The van der Waals surface area contributed by atoms with Crippen LogP contribution < -0.4 is 10.1 Å². The molecule has 1 aromatic carbocycles. The van der Waals surface area contributed by atoms with E-state index in [4.69, 9.17) is 4.74 Å². The van der Waals surface area contributed by atoms with Gasteiger partial charge in [-0.25, -0.2) is 4.98 Å². The molecule has 1 N–H and O–H groups in total. The zero-order valence-corrected chi connectivity index (χ0v) is 19.8. The van der Waals surface area contributed by atoms with Crippen molar-refractivity contribution in [2.24, 2.45) is 0 Å². The molecule has 2 aromatic heterocycles. The number of nitrogens with zero attached hydrogens (tertiary/aromatic N) is 2. The molecule has 2 heterocycles. The Morgan fingerprint density at radius 3 is 2.80 bits per heavy atom. The molecule has 0 saturated heterocycles. The molecule has 3 aromatic rings. The second kappa shape index (κ2) is 10.2. The first-order valence-corrected chi connectivity index (χ1v) is 11.5. The average molecular weight is 488 g/mol. The summed E-state index contributed by atoms with van der Waals surface area (Å²) in [6, 6.07) is 10.0. The molecular formula is C23H26BrN3O2S. The fourth-order valence-corrected chi connectivity index (χ4v) is 4.09. The smallest absolute Gasteiger partial charge is 0.220 e. The summed E-state index contributed by atoms with van der Waals surface area (Å²) in [5.74, 6) is 0.797. The summed E-state index contributed by atoms with van der Waals surface area (Å²) in [5.41, 5.74) is 3.18. The molecule has 0 atom stereocenters. The van der Waals surface area contributed by atoms with Crippen molar-refractivity contribution in [3.05, 3.63) is 63.8 Å².